The number of hydrogen-bond donors (Lipinski definition) is 1. The Morgan fingerprint density at radius 1 is 1.36 bits per heavy atom. The quantitative estimate of drug-likeness (QED) is 0.890. The molecule has 1 aliphatic carbocycles. The molecule has 136 valence electrons. The Labute approximate surface area is 149 Å². The van der Waals surface area contributed by atoms with Crippen molar-refractivity contribution in [2.75, 3.05) is 5.32 Å². The normalized spacial score (nSPS) is 16.7. The summed E-state index contributed by atoms with van der Waals surface area (Å²) >= 11 is 0. The molecule has 6 heteroatoms. The van der Waals surface area contributed by atoms with Gasteiger partial charge in [-0.25, -0.2) is 9.97 Å². The fourth-order valence-corrected chi connectivity index (χ4v) is 3.23. The van der Waals surface area contributed by atoms with Gasteiger partial charge in [-0.15, -0.1) is 0 Å². The molecule has 1 amide bonds. The number of rotatable bonds is 5. The van der Waals surface area contributed by atoms with Crippen LogP contribution >= 0.6 is 0 Å². The topological polar surface area (TPSA) is 69.0 Å². The van der Waals surface area contributed by atoms with Crippen LogP contribution in [0.4, 0.5) is 5.95 Å². The standard InChI is InChI=1S/C19H28N4O2/c1-12-9-10-15-17(20-12)23(14-7-6-8-14)18(21-15)22-16(24)11-13(2)25-19(3,4)5/h9-10,13-14H,6-8,11H2,1-5H3,(H,21,22,24)/t13-/m0/s1. The molecule has 2 aromatic rings. The molecule has 0 unspecified atom stereocenters. The molecule has 0 spiro atoms. The zero-order valence-electron chi connectivity index (χ0n) is 15.8. The van der Waals surface area contributed by atoms with E-state index < -0.39 is 0 Å². The first kappa shape index (κ1) is 17.9. The third-order valence-corrected chi connectivity index (χ3v) is 4.40. The van der Waals surface area contributed by atoms with E-state index in [0.717, 1.165) is 29.7 Å². The summed E-state index contributed by atoms with van der Waals surface area (Å²) in [6, 6.07) is 4.29. The number of nitrogens with one attached hydrogen (secondary N) is 1. The van der Waals surface area contributed by atoms with E-state index in [9.17, 15) is 4.79 Å². The second-order valence-electron chi connectivity index (χ2n) is 7.98. The minimum absolute atomic E-state index is 0.0793. The Morgan fingerprint density at radius 2 is 2.08 bits per heavy atom. The van der Waals surface area contributed by atoms with E-state index in [2.05, 4.69) is 19.9 Å². The van der Waals surface area contributed by atoms with Gasteiger partial charge in [-0.3, -0.25) is 14.7 Å². The first-order chi connectivity index (χ1) is 11.7. The molecule has 0 bridgehead atoms. The summed E-state index contributed by atoms with van der Waals surface area (Å²) < 4.78 is 7.93. The molecular formula is C19H28N4O2. The Bertz CT molecular complexity index is 772. The van der Waals surface area contributed by atoms with Gasteiger partial charge in [0.05, 0.1) is 18.1 Å². The van der Waals surface area contributed by atoms with Crippen molar-refractivity contribution in [1.82, 2.24) is 14.5 Å². The molecule has 2 heterocycles. The number of ether oxygens (including phenoxy) is 1. The molecule has 1 saturated carbocycles. The summed E-state index contributed by atoms with van der Waals surface area (Å²) in [4.78, 5) is 21.7. The zero-order valence-corrected chi connectivity index (χ0v) is 15.8. The lowest BCUT2D eigenvalue weighted by Crippen LogP contribution is -2.29. The molecule has 3 rings (SSSR count). The van der Waals surface area contributed by atoms with Crippen LogP contribution in [0.15, 0.2) is 12.1 Å². The maximum Gasteiger partial charge on any atom is 0.229 e. The van der Waals surface area contributed by atoms with Crippen molar-refractivity contribution in [1.29, 1.82) is 0 Å². The first-order valence-corrected chi connectivity index (χ1v) is 9.06. The summed E-state index contributed by atoms with van der Waals surface area (Å²) in [5, 5.41) is 2.98. The average Bonchev–Trinajstić information content (AvgIpc) is 2.72. The number of anilines is 1. The number of nitrogens with zero attached hydrogens (tertiary/aromatic N) is 3. The van der Waals surface area contributed by atoms with E-state index in [1.807, 2.05) is 46.8 Å². The van der Waals surface area contributed by atoms with Crippen LogP contribution in [-0.4, -0.2) is 32.1 Å². The molecule has 0 radical (unpaired) electrons. The van der Waals surface area contributed by atoms with Gasteiger partial charge in [-0.05, 0) is 66.0 Å². The lowest BCUT2D eigenvalue weighted by atomic mass is 9.93. The van der Waals surface area contributed by atoms with Crippen LogP contribution in [0.1, 0.15) is 65.1 Å². The van der Waals surface area contributed by atoms with E-state index in [1.165, 1.54) is 6.42 Å². The zero-order chi connectivity index (χ0) is 18.2. The van der Waals surface area contributed by atoms with E-state index >= 15 is 0 Å². The summed E-state index contributed by atoms with van der Waals surface area (Å²) in [6.07, 6.45) is 3.57. The number of fused-ring (bicyclic) bond motifs is 1. The highest BCUT2D eigenvalue weighted by Crippen LogP contribution is 2.36. The third kappa shape index (κ3) is 4.18. The molecule has 0 aliphatic heterocycles. The number of aromatic nitrogens is 3. The molecular weight excluding hydrogens is 316 g/mol. The fourth-order valence-electron chi connectivity index (χ4n) is 3.23. The van der Waals surface area contributed by atoms with Gasteiger partial charge < -0.3 is 4.74 Å². The molecule has 1 aliphatic rings. The molecule has 6 nitrogen and oxygen atoms in total. The van der Waals surface area contributed by atoms with E-state index in [4.69, 9.17) is 4.74 Å². The van der Waals surface area contributed by atoms with Crippen LogP contribution in [-0.2, 0) is 9.53 Å². The predicted octanol–water partition coefficient (Wildman–Crippen LogP) is 4.00. The molecule has 2 aromatic heterocycles. The number of hydrogen-bond acceptors (Lipinski definition) is 4. The highest BCUT2D eigenvalue weighted by atomic mass is 16.5. The van der Waals surface area contributed by atoms with Crippen molar-refractivity contribution >= 4 is 23.0 Å². The van der Waals surface area contributed by atoms with Crippen molar-refractivity contribution in [3.8, 4) is 0 Å². The lowest BCUT2D eigenvalue weighted by Gasteiger charge is -2.28. The lowest BCUT2D eigenvalue weighted by molar-refractivity contribution is -0.121. The molecule has 25 heavy (non-hydrogen) atoms. The Morgan fingerprint density at radius 3 is 2.68 bits per heavy atom. The first-order valence-electron chi connectivity index (χ1n) is 9.06. The van der Waals surface area contributed by atoms with Gasteiger partial charge in [0, 0.05) is 11.7 Å². The number of carbonyl (C=O) groups is 1. The molecule has 1 fully saturated rings. The van der Waals surface area contributed by atoms with Crippen LogP contribution in [0.5, 0.6) is 0 Å². The monoisotopic (exact) mass is 344 g/mol. The third-order valence-electron chi connectivity index (χ3n) is 4.40. The van der Waals surface area contributed by atoms with Crippen LogP contribution in [0.25, 0.3) is 11.2 Å². The average molecular weight is 344 g/mol. The van der Waals surface area contributed by atoms with Crippen molar-refractivity contribution < 1.29 is 9.53 Å². The number of amides is 1. The van der Waals surface area contributed by atoms with Crippen LogP contribution in [0, 0.1) is 6.92 Å². The van der Waals surface area contributed by atoms with Gasteiger partial charge >= 0.3 is 0 Å². The van der Waals surface area contributed by atoms with Gasteiger partial charge in [-0.1, -0.05) is 0 Å². The smallest absolute Gasteiger partial charge is 0.229 e. The van der Waals surface area contributed by atoms with Gasteiger partial charge in [0.15, 0.2) is 5.65 Å². The minimum atomic E-state index is -0.264. The van der Waals surface area contributed by atoms with Gasteiger partial charge in [0.2, 0.25) is 11.9 Å². The van der Waals surface area contributed by atoms with Crippen molar-refractivity contribution in [2.45, 2.75) is 78.0 Å². The Balaban J connectivity index is 1.79. The summed E-state index contributed by atoms with van der Waals surface area (Å²) in [5.74, 6) is 0.523. The second kappa shape index (κ2) is 6.75. The number of carbonyl (C=O) groups excluding carboxylic acids is 1. The second-order valence-corrected chi connectivity index (χ2v) is 7.98. The van der Waals surface area contributed by atoms with Crippen molar-refractivity contribution in [3.05, 3.63) is 17.8 Å². The Hall–Kier alpha value is -1.95. The largest absolute Gasteiger partial charge is 0.372 e. The SMILES string of the molecule is Cc1ccc2nc(NC(=O)C[C@H](C)OC(C)(C)C)n(C3CCC3)c2n1. The molecule has 1 atom stereocenters. The van der Waals surface area contributed by atoms with Gasteiger partial charge in [-0.2, -0.15) is 0 Å². The predicted molar refractivity (Wildman–Crippen MR) is 98.7 cm³/mol. The van der Waals surface area contributed by atoms with Crippen molar-refractivity contribution in [3.63, 3.8) is 0 Å². The number of imidazole rings is 1. The summed E-state index contributed by atoms with van der Waals surface area (Å²) in [7, 11) is 0. The highest BCUT2D eigenvalue weighted by molar-refractivity contribution is 5.91. The van der Waals surface area contributed by atoms with Crippen LogP contribution in [0.3, 0.4) is 0 Å². The maximum absolute atomic E-state index is 12.5. The van der Waals surface area contributed by atoms with Gasteiger partial charge in [0.25, 0.3) is 0 Å². The van der Waals surface area contributed by atoms with E-state index in [0.29, 0.717) is 18.4 Å². The van der Waals surface area contributed by atoms with Crippen LogP contribution in [0.2, 0.25) is 0 Å². The minimum Gasteiger partial charge on any atom is -0.372 e. The fraction of sp³-hybridized carbons (Fsp3) is 0.632. The molecule has 0 aromatic carbocycles. The highest BCUT2D eigenvalue weighted by Gasteiger charge is 2.27. The van der Waals surface area contributed by atoms with E-state index in [-0.39, 0.29) is 17.6 Å². The van der Waals surface area contributed by atoms with E-state index in [1.54, 1.807) is 0 Å². The number of aryl methyl sites for hydroxylation is 1. The van der Waals surface area contributed by atoms with Crippen molar-refractivity contribution in [2.24, 2.45) is 0 Å². The Kier molecular flexibility index (Phi) is 4.82. The number of pyridine rings is 1. The summed E-state index contributed by atoms with van der Waals surface area (Å²) in [5.41, 5.74) is 2.38. The van der Waals surface area contributed by atoms with Crippen LogP contribution < -0.4 is 5.32 Å². The maximum atomic E-state index is 12.5. The van der Waals surface area contributed by atoms with Gasteiger partial charge in [0.1, 0.15) is 5.52 Å². The molecule has 1 N–H and O–H groups in total. The molecule has 0 saturated heterocycles. The summed E-state index contributed by atoms with van der Waals surface area (Å²) in [6.45, 7) is 9.87.